The highest BCUT2D eigenvalue weighted by Crippen LogP contribution is 2.17. The normalized spacial score (nSPS) is 14.6. The second-order valence-electron chi connectivity index (χ2n) is 7.52. The Balaban J connectivity index is 1.28. The van der Waals surface area contributed by atoms with Crippen LogP contribution in [-0.4, -0.2) is 59.5 Å². The molecule has 3 aromatic rings. The highest BCUT2D eigenvalue weighted by molar-refractivity contribution is 7.92. The van der Waals surface area contributed by atoms with Crippen molar-refractivity contribution >= 4 is 39.0 Å². The van der Waals surface area contributed by atoms with Crippen molar-refractivity contribution in [1.82, 2.24) is 19.8 Å². The first kappa shape index (κ1) is 23.0. The lowest BCUT2D eigenvalue weighted by Crippen LogP contribution is -2.49. The third-order valence-electron chi connectivity index (χ3n) is 5.19. The lowest BCUT2D eigenvalue weighted by Gasteiger charge is -2.36. The van der Waals surface area contributed by atoms with Gasteiger partial charge in [-0.2, -0.15) is 0 Å². The highest BCUT2D eigenvalue weighted by atomic mass is 32.2. The van der Waals surface area contributed by atoms with E-state index in [-0.39, 0.29) is 16.7 Å². The molecule has 1 aliphatic heterocycles. The molecule has 33 heavy (non-hydrogen) atoms. The number of rotatable bonds is 6. The van der Waals surface area contributed by atoms with E-state index in [0.717, 1.165) is 38.3 Å². The van der Waals surface area contributed by atoms with E-state index in [4.69, 9.17) is 12.2 Å². The molecule has 8 nitrogen and oxygen atoms in total. The van der Waals surface area contributed by atoms with Crippen molar-refractivity contribution in [1.29, 1.82) is 0 Å². The Morgan fingerprint density at radius 1 is 0.970 bits per heavy atom. The van der Waals surface area contributed by atoms with Gasteiger partial charge in [0.25, 0.3) is 10.0 Å². The van der Waals surface area contributed by atoms with Crippen LogP contribution >= 0.6 is 12.2 Å². The fraction of sp³-hybridized carbons (Fsp3) is 0.227. The van der Waals surface area contributed by atoms with Crippen LogP contribution in [0.25, 0.3) is 0 Å². The van der Waals surface area contributed by atoms with E-state index in [9.17, 15) is 12.8 Å². The number of piperazine rings is 1. The number of benzene rings is 2. The van der Waals surface area contributed by atoms with Crippen molar-refractivity contribution in [2.75, 3.05) is 36.2 Å². The van der Waals surface area contributed by atoms with Crippen molar-refractivity contribution in [2.45, 2.75) is 11.4 Å². The van der Waals surface area contributed by atoms with Crippen molar-refractivity contribution in [2.24, 2.45) is 0 Å². The van der Waals surface area contributed by atoms with Crippen LogP contribution in [0.1, 0.15) is 5.56 Å². The zero-order valence-electron chi connectivity index (χ0n) is 17.7. The lowest BCUT2D eigenvalue weighted by atomic mass is 10.2. The van der Waals surface area contributed by atoms with E-state index >= 15 is 0 Å². The number of anilines is 2. The molecule has 0 aliphatic carbocycles. The Bertz CT molecular complexity index is 1180. The minimum Gasteiger partial charge on any atom is -0.346 e. The van der Waals surface area contributed by atoms with Gasteiger partial charge in [0.05, 0.1) is 4.90 Å². The molecule has 2 heterocycles. The quantitative estimate of drug-likeness (QED) is 0.514. The minimum atomic E-state index is -3.79. The van der Waals surface area contributed by atoms with Gasteiger partial charge in [-0.05, 0) is 60.2 Å². The van der Waals surface area contributed by atoms with E-state index in [0.29, 0.717) is 10.8 Å². The molecular formula is C22H23FN6O2S2. The Labute approximate surface area is 197 Å². The maximum atomic E-state index is 13.1. The highest BCUT2D eigenvalue weighted by Gasteiger charge is 2.20. The molecule has 0 amide bonds. The summed E-state index contributed by atoms with van der Waals surface area (Å²) in [5.74, 6) is -0.216. The van der Waals surface area contributed by atoms with Gasteiger partial charge in [0.2, 0.25) is 5.95 Å². The van der Waals surface area contributed by atoms with Gasteiger partial charge in [0, 0.05) is 50.8 Å². The van der Waals surface area contributed by atoms with Crippen LogP contribution in [0, 0.1) is 5.82 Å². The Hall–Kier alpha value is -3.15. The first-order valence-corrected chi connectivity index (χ1v) is 12.2. The second kappa shape index (κ2) is 10.2. The summed E-state index contributed by atoms with van der Waals surface area (Å²) in [5.41, 5.74) is 1.78. The predicted molar refractivity (Wildman–Crippen MR) is 129 cm³/mol. The lowest BCUT2D eigenvalue weighted by molar-refractivity contribution is 0.177. The number of nitrogens with zero attached hydrogens (tertiary/aromatic N) is 4. The number of aromatic nitrogens is 2. The molecule has 172 valence electrons. The largest absolute Gasteiger partial charge is 0.346 e. The molecule has 1 fully saturated rings. The summed E-state index contributed by atoms with van der Waals surface area (Å²) in [6.07, 6.45) is 2.92. The third-order valence-corrected chi connectivity index (χ3v) is 6.89. The van der Waals surface area contributed by atoms with Crippen LogP contribution in [0.2, 0.25) is 0 Å². The van der Waals surface area contributed by atoms with E-state index < -0.39 is 10.0 Å². The Morgan fingerprint density at radius 2 is 1.61 bits per heavy atom. The number of thiocarbonyl (C=S) groups is 1. The summed E-state index contributed by atoms with van der Waals surface area (Å²) in [4.78, 5) is 12.2. The first-order valence-electron chi connectivity index (χ1n) is 10.3. The van der Waals surface area contributed by atoms with Gasteiger partial charge in [0.15, 0.2) is 5.11 Å². The summed E-state index contributed by atoms with van der Waals surface area (Å²) < 4.78 is 40.4. The van der Waals surface area contributed by atoms with Crippen LogP contribution in [0.15, 0.2) is 71.9 Å². The van der Waals surface area contributed by atoms with Gasteiger partial charge in [-0.15, -0.1) is 0 Å². The second-order valence-corrected chi connectivity index (χ2v) is 9.59. The predicted octanol–water partition coefficient (Wildman–Crippen LogP) is 2.93. The van der Waals surface area contributed by atoms with Gasteiger partial charge in [-0.3, -0.25) is 4.90 Å². The number of hydrogen-bond donors (Lipinski definition) is 2. The van der Waals surface area contributed by atoms with Crippen LogP contribution < -0.4 is 10.0 Å². The van der Waals surface area contributed by atoms with E-state index in [1.54, 1.807) is 30.3 Å². The van der Waals surface area contributed by atoms with Crippen molar-refractivity contribution in [3.63, 3.8) is 0 Å². The van der Waals surface area contributed by atoms with Gasteiger partial charge in [-0.25, -0.2) is 27.5 Å². The summed E-state index contributed by atoms with van der Waals surface area (Å²) in [6.45, 7) is 3.97. The summed E-state index contributed by atoms with van der Waals surface area (Å²) in [7, 11) is -3.79. The fourth-order valence-electron chi connectivity index (χ4n) is 3.41. The van der Waals surface area contributed by atoms with Crippen LogP contribution in [0.5, 0.6) is 0 Å². The van der Waals surface area contributed by atoms with Crippen molar-refractivity contribution < 1.29 is 12.8 Å². The fourth-order valence-corrected chi connectivity index (χ4v) is 4.67. The number of sulfonamides is 1. The molecular weight excluding hydrogens is 463 g/mol. The summed E-state index contributed by atoms with van der Waals surface area (Å²) >= 11 is 5.54. The van der Waals surface area contributed by atoms with E-state index in [1.807, 2.05) is 0 Å². The standard InChI is InChI=1S/C22H23FN6O2S2/c23-18-4-2-17(3-5-18)16-28-12-14-29(15-13-28)22(32)26-19-6-8-20(9-7-19)33(30,31)27-21-24-10-1-11-25-21/h1-11H,12-16H2,(H,26,32)(H,24,25,27). The molecule has 0 atom stereocenters. The van der Waals surface area contributed by atoms with Gasteiger partial charge in [-0.1, -0.05) is 12.1 Å². The molecule has 0 spiro atoms. The van der Waals surface area contributed by atoms with Gasteiger partial charge < -0.3 is 10.2 Å². The first-order chi connectivity index (χ1) is 15.9. The van der Waals surface area contributed by atoms with Crippen molar-refractivity contribution in [3.8, 4) is 0 Å². The van der Waals surface area contributed by atoms with Gasteiger partial charge in [0.1, 0.15) is 5.82 Å². The number of halogens is 1. The number of hydrogen-bond acceptors (Lipinski definition) is 6. The molecule has 2 N–H and O–H groups in total. The average molecular weight is 487 g/mol. The topological polar surface area (TPSA) is 90.5 Å². The zero-order chi connectivity index (χ0) is 23.3. The monoisotopic (exact) mass is 486 g/mol. The SMILES string of the molecule is O=S(=O)(Nc1ncccn1)c1ccc(NC(=S)N2CCN(Cc3ccc(F)cc3)CC2)cc1. The third kappa shape index (κ3) is 6.21. The van der Waals surface area contributed by atoms with E-state index in [2.05, 4.69) is 29.8 Å². The molecule has 0 bridgehead atoms. The van der Waals surface area contributed by atoms with E-state index in [1.165, 1.54) is 36.7 Å². The molecule has 1 saturated heterocycles. The molecule has 4 rings (SSSR count). The molecule has 1 aromatic heterocycles. The molecule has 11 heteroatoms. The van der Waals surface area contributed by atoms with Crippen molar-refractivity contribution in [3.05, 3.63) is 78.4 Å². The zero-order valence-corrected chi connectivity index (χ0v) is 19.3. The minimum absolute atomic E-state index is 0.0134. The molecule has 1 aliphatic rings. The van der Waals surface area contributed by atoms with Gasteiger partial charge >= 0.3 is 0 Å². The van der Waals surface area contributed by atoms with Crippen LogP contribution in [0.4, 0.5) is 16.0 Å². The summed E-state index contributed by atoms with van der Waals surface area (Å²) in [6, 6.07) is 14.5. The number of nitrogens with one attached hydrogen (secondary N) is 2. The summed E-state index contributed by atoms with van der Waals surface area (Å²) in [5, 5.41) is 3.75. The Morgan fingerprint density at radius 3 is 2.24 bits per heavy atom. The molecule has 0 saturated carbocycles. The van der Waals surface area contributed by atoms with Crippen LogP contribution in [0.3, 0.4) is 0 Å². The Kier molecular flexibility index (Phi) is 7.11. The molecule has 2 aromatic carbocycles. The molecule has 0 unspecified atom stereocenters. The maximum absolute atomic E-state index is 13.1. The molecule has 0 radical (unpaired) electrons. The average Bonchev–Trinajstić information content (AvgIpc) is 2.82. The smallest absolute Gasteiger partial charge is 0.264 e. The van der Waals surface area contributed by atoms with Crippen LogP contribution in [-0.2, 0) is 16.6 Å². The maximum Gasteiger partial charge on any atom is 0.264 e.